The number of benzene rings is 2. The third-order valence-corrected chi connectivity index (χ3v) is 7.40. The van der Waals surface area contributed by atoms with Gasteiger partial charge in [-0.15, -0.1) is 0 Å². The first-order valence-corrected chi connectivity index (χ1v) is 12.3. The van der Waals surface area contributed by atoms with Crippen molar-refractivity contribution >= 4 is 11.8 Å². The number of hydrogen-bond donors (Lipinski definition) is 1. The zero-order chi connectivity index (χ0) is 23.7. The molecule has 6 heteroatoms. The second-order valence-electron chi connectivity index (χ2n) is 9.81. The van der Waals surface area contributed by atoms with E-state index >= 15 is 0 Å². The van der Waals surface area contributed by atoms with Gasteiger partial charge < -0.3 is 15.0 Å². The normalized spacial score (nSPS) is 24.8. The number of carbonyl (C=O) groups excluding carboxylic acids is 2. The number of carbonyl (C=O) groups is 2. The molecule has 34 heavy (non-hydrogen) atoms. The molecule has 178 valence electrons. The van der Waals surface area contributed by atoms with Crippen molar-refractivity contribution in [2.24, 2.45) is 0 Å². The molecule has 2 fully saturated rings. The molecular formula is C28H33N3O3. The van der Waals surface area contributed by atoms with Crippen LogP contribution in [0.15, 0.2) is 60.8 Å². The van der Waals surface area contributed by atoms with Gasteiger partial charge in [-0.1, -0.05) is 43.3 Å². The maximum Gasteiger partial charge on any atom is 0.255 e. The first-order chi connectivity index (χ1) is 16.5. The average Bonchev–Trinajstić information content (AvgIpc) is 3.15. The molecule has 3 aliphatic rings. The molecule has 2 heterocycles. The average molecular weight is 460 g/mol. The summed E-state index contributed by atoms with van der Waals surface area (Å²) in [7, 11) is 2.18. The number of allylic oxidation sites excluding steroid dienone is 1. The van der Waals surface area contributed by atoms with Gasteiger partial charge in [0, 0.05) is 30.4 Å². The second kappa shape index (κ2) is 9.63. The predicted octanol–water partition coefficient (Wildman–Crippen LogP) is 4.26. The van der Waals surface area contributed by atoms with E-state index in [-0.39, 0.29) is 17.9 Å². The van der Waals surface area contributed by atoms with Crippen LogP contribution in [-0.2, 0) is 17.9 Å². The van der Waals surface area contributed by atoms with Crippen molar-refractivity contribution in [3.05, 3.63) is 77.5 Å². The highest BCUT2D eigenvalue weighted by atomic mass is 16.5. The van der Waals surface area contributed by atoms with Crippen molar-refractivity contribution in [1.29, 1.82) is 0 Å². The van der Waals surface area contributed by atoms with E-state index in [0.717, 1.165) is 36.4 Å². The van der Waals surface area contributed by atoms with E-state index < -0.39 is 6.04 Å². The van der Waals surface area contributed by atoms with Crippen molar-refractivity contribution in [2.45, 2.75) is 69.8 Å². The molecular weight excluding hydrogens is 426 g/mol. The second-order valence-corrected chi connectivity index (χ2v) is 9.81. The Morgan fingerprint density at radius 2 is 1.88 bits per heavy atom. The first-order valence-electron chi connectivity index (χ1n) is 12.3. The van der Waals surface area contributed by atoms with Crippen LogP contribution in [0.5, 0.6) is 5.75 Å². The van der Waals surface area contributed by atoms with Crippen LogP contribution in [0.25, 0.3) is 0 Å². The maximum atomic E-state index is 13.0. The number of likely N-dealkylation sites (N-methyl/N-ethyl adjacent to an activating group) is 1. The number of nitrogens with zero attached hydrogens (tertiary/aromatic N) is 2. The molecule has 2 amide bonds. The molecule has 0 spiro atoms. The lowest BCUT2D eigenvalue weighted by Gasteiger charge is -2.38. The van der Waals surface area contributed by atoms with Crippen LogP contribution < -0.4 is 10.1 Å². The molecule has 2 aromatic carbocycles. The van der Waals surface area contributed by atoms with E-state index in [0.29, 0.717) is 31.0 Å². The van der Waals surface area contributed by atoms with E-state index in [1.165, 1.54) is 18.4 Å². The predicted molar refractivity (Wildman–Crippen MR) is 131 cm³/mol. The number of hydrogen-bond acceptors (Lipinski definition) is 4. The van der Waals surface area contributed by atoms with Crippen LogP contribution in [0.1, 0.15) is 60.0 Å². The molecule has 0 radical (unpaired) electrons. The summed E-state index contributed by atoms with van der Waals surface area (Å²) in [6, 6.07) is 16.2. The topological polar surface area (TPSA) is 61.9 Å². The molecule has 3 unspecified atom stereocenters. The standard InChI is InChI=1S/C28H33N3O3/c1-19-12-15-25(27(32)29-19)31-18-21-16-22(13-14-23(21)28(31)33)34-26-11-7-6-10-24(26)30(2)17-20-8-4-3-5-9-20/h3-5,8-9,13-14,16,24-26H,1,6-7,10-12,15,17-18H2,2H3,(H,29,32). The summed E-state index contributed by atoms with van der Waals surface area (Å²) in [6.07, 6.45) is 5.96. The third kappa shape index (κ3) is 4.60. The lowest BCUT2D eigenvalue weighted by molar-refractivity contribution is -0.126. The zero-order valence-electron chi connectivity index (χ0n) is 19.8. The summed E-state index contributed by atoms with van der Waals surface area (Å²) in [5.74, 6) is 0.590. The van der Waals surface area contributed by atoms with Crippen LogP contribution in [0.4, 0.5) is 0 Å². The van der Waals surface area contributed by atoms with Gasteiger partial charge in [0.1, 0.15) is 17.9 Å². The van der Waals surface area contributed by atoms with E-state index in [1.807, 2.05) is 24.3 Å². The van der Waals surface area contributed by atoms with Gasteiger partial charge in [-0.05, 0) is 68.5 Å². The lowest BCUT2D eigenvalue weighted by atomic mass is 9.91. The molecule has 1 saturated heterocycles. The summed E-state index contributed by atoms with van der Waals surface area (Å²) in [5.41, 5.74) is 3.64. The monoisotopic (exact) mass is 459 g/mol. The van der Waals surface area contributed by atoms with Crippen LogP contribution in [0, 0.1) is 0 Å². The number of nitrogens with one attached hydrogen (secondary N) is 1. The summed E-state index contributed by atoms with van der Waals surface area (Å²) < 4.78 is 6.54. The lowest BCUT2D eigenvalue weighted by Crippen LogP contribution is -2.49. The van der Waals surface area contributed by atoms with E-state index in [4.69, 9.17) is 4.74 Å². The summed E-state index contributed by atoms with van der Waals surface area (Å²) >= 11 is 0. The SMILES string of the molecule is C=C1CCC(N2Cc3cc(OC4CCCCC4N(C)Cc4ccccc4)ccc3C2=O)C(=O)N1. The van der Waals surface area contributed by atoms with Crippen molar-refractivity contribution < 1.29 is 14.3 Å². The quantitative estimate of drug-likeness (QED) is 0.701. The van der Waals surface area contributed by atoms with Gasteiger partial charge in [0.2, 0.25) is 5.91 Å². The number of rotatable bonds is 6. The first kappa shape index (κ1) is 22.7. The van der Waals surface area contributed by atoms with Gasteiger partial charge in [0.05, 0.1) is 0 Å². The fraction of sp³-hybridized carbons (Fsp3) is 0.429. The van der Waals surface area contributed by atoms with Gasteiger partial charge in [0.15, 0.2) is 0 Å². The summed E-state index contributed by atoms with van der Waals surface area (Å²) in [4.78, 5) is 29.6. The highest BCUT2D eigenvalue weighted by Crippen LogP contribution is 2.33. The van der Waals surface area contributed by atoms with Gasteiger partial charge in [-0.3, -0.25) is 14.5 Å². The minimum atomic E-state index is -0.441. The number of ether oxygens (including phenoxy) is 1. The summed E-state index contributed by atoms with van der Waals surface area (Å²) in [5, 5.41) is 2.80. The van der Waals surface area contributed by atoms with Crippen LogP contribution in [0.2, 0.25) is 0 Å². The Morgan fingerprint density at radius 3 is 2.68 bits per heavy atom. The zero-order valence-corrected chi connectivity index (χ0v) is 19.8. The van der Waals surface area contributed by atoms with Crippen LogP contribution in [-0.4, -0.2) is 46.8 Å². The minimum Gasteiger partial charge on any atom is -0.489 e. The number of piperidine rings is 1. The molecule has 2 aliphatic heterocycles. The molecule has 6 nitrogen and oxygen atoms in total. The maximum absolute atomic E-state index is 13.0. The van der Waals surface area contributed by atoms with Crippen molar-refractivity contribution in [1.82, 2.24) is 15.1 Å². The van der Waals surface area contributed by atoms with Crippen LogP contribution in [0.3, 0.4) is 0 Å². The van der Waals surface area contributed by atoms with Crippen molar-refractivity contribution in [3.63, 3.8) is 0 Å². The molecule has 3 atom stereocenters. The Balaban J connectivity index is 1.28. The Hall–Kier alpha value is -3.12. The Morgan fingerprint density at radius 1 is 1.09 bits per heavy atom. The van der Waals surface area contributed by atoms with Gasteiger partial charge >= 0.3 is 0 Å². The van der Waals surface area contributed by atoms with Crippen molar-refractivity contribution in [3.8, 4) is 5.75 Å². The smallest absolute Gasteiger partial charge is 0.255 e. The Bertz CT molecular complexity index is 1080. The number of amides is 2. The van der Waals surface area contributed by atoms with Crippen molar-refractivity contribution in [2.75, 3.05) is 7.05 Å². The molecule has 2 aromatic rings. The Labute approximate surface area is 201 Å². The molecule has 1 N–H and O–H groups in total. The van der Waals surface area contributed by atoms with E-state index in [2.05, 4.69) is 48.1 Å². The third-order valence-electron chi connectivity index (χ3n) is 7.40. The molecule has 0 bridgehead atoms. The Kier molecular flexibility index (Phi) is 6.42. The highest BCUT2D eigenvalue weighted by molar-refractivity contribution is 6.01. The van der Waals surface area contributed by atoms with E-state index in [1.54, 1.807) is 4.90 Å². The molecule has 1 aliphatic carbocycles. The van der Waals surface area contributed by atoms with E-state index in [9.17, 15) is 9.59 Å². The molecule has 0 aromatic heterocycles. The van der Waals surface area contributed by atoms with Gasteiger partial charge in [-0.2, -0.15) is 0 Å². The van der Waals surface area contributed by atoms with Crippen LogP contribution >= 0.6 is 0 Å². The molecule has 1 saturated carbocycles. The fourth-order valence-corrected chi connectivity index (χ4v) is 5.59. The van der Waals surface area contributed by atoms with Gasteiger partial charge in [-0.25, -0.2) is 0 Å². The van der Waals surface area contributed by atoms with Gasteiger partial charge in [0.25, 0.3) is 5.91 Å². The number of fused-ring (bicyclic) bond motifs is 1. The largest absolute Gasteiger partial charge is 0.489 e. The fourth-order valence-electron chi connectivity index (χ4n) is 5.59. The highest BCUT2D eigenvalue weighted by Gasteiger charge is 2.38. The summed E-state index contributed by atoms with van der Waals surface area (Å²) in [6.45, 7) is 5.18. The molecule has 5 rings (SSSR count). The minimum absolute atomic E-state index is 0.0765.